The van der Waals surface area contributed by atoms with Crippen LogP contribution >= 0.6 is 23.2 Å². The van der Waals surface area contributed by atoms with E-state index in [9.17, 15) is 9.59 Å². The molecule has 1 heterocycles. The molecule has 0 radical (unpaired) electrons. The third kappa shape index (κ3) is 3.43. The minimum Gasteiger partial charge on any atom is -0.479 e. The van der Waals surface area contributed by atoms with E-state index in [0.717, 1.165) is 0 Å². The number of nitrogens with zero attached hydrogens (tertiary/aromatic N) is 1. The van der Waals surface area contributed by atoms with E-state index < -0.39 is 12.1 Å². The van der Waals surface area contributed by atoms with Gasteiger partial charge in [0.25, 0.3) is 5.91 Å². The smallest absolute Gasteiger partial charge is 0.268 e. The summed E-state index contributed by atoms with van der Waals surface area (Å²) >= 11 is 12.1. The largest absolute Gasteiger partial charge is 0.479 e. The molecule has 2 amide bonds. The van der Waals surface area contributed by atoms with Crippen LogP contribution in [0, 0.1) is 0 Å². The van der Waals surface area contributed by atoms with Gasteiger partial charge < -0.3 is 10.1 Å². The highest BCUT2D eigenvalue weighted by molar-refractivity contribution is 6.33. The van der Waals surface area contributed by atoms with Crippen LogP contribution in [0.1, 0.15) is 13.8 Å². The maximum Gasteiger partial charge on any atom is 0.268 e. The van der Waals surface area contributed by atoms with Gasteiger partial charge in [-0.15, -0.1) is 0 Å². The molecule has 2 aromatic carbocycles. The van der Waals surface area contributed by atoms with Crippen LogP contribution < -0.4 is 15.0 Å². The van der Waals surface area contributed by atoms with Crippen LogP contribution in [0.15, 0.2) is 42.5 Å². The van der Waals surface area contributed by atoms with Crippen molar-refractivity contribution >= 4 is 46.4 Å². The lowest BCUT2D eigenvalue weighted by atomic mass is 10.1. The molecule has 1 aliphatic rings. The second-order valence-corrected chi connectivity index (χ2v) is 6.57. The first-order valence-corrected chi connectivity index (χ1v) is 8.48. The fourth-order valence-electron chi connectivity index (χ4n) is 2.65. The summed E-state index contributed by atoms with van der Waals surface area (Å²) in [6.07, 6.45) is -0.691. The summed E-state index contributed by atoms with van der Waals surface area (Å²) in [6, 6.07) is 11.1. The molecule has 3 rings (SSSR count). The Hall–Kier alpha value is -2.24. The number of carbonyl (C=O) groups is 2. The van der Waals surface area contributed by atoms with Gasteiger partial charge in [-0.2, -0.15) is 0 Å². The van der Waals surface area contributed by atoms with Gasteiger partial charge in [-0.05, 0) is 44.2 Å². The Balaban J connectivity index is 1.91. The van der Waals surface area contributed by atoms with Crippen LogP contribution in [0.25, 0.3) is 0 Å². The first-order chi connectivity index (χ1) is 11.9. The van der Waals surface area contributed by atoms with Gasteiger partial charge in [0.15, 0.2) is 6.10 Å². The lowest BCUT2D eigenvalue weighted by Crippen LogP contribution is -2.52. The van der Waals surface area contributed by atoms with Gasteiger partial charge in [-0.3, -0.25) is 14.5 Å². The molecule has 2 aromatic rings. The number of carbonyl (C=O) groups excluding carboxylic acids is 2. The predicted octanol–water partition coefficient (Wildman–Crippen LogP) is 4.13. The highest BCUT2D eigenvalue weighted by Gasteiger charge is 2.37. The molecule has 5 nitrogen and oxygen atoms in total. The maximum atomic E-state index is 12.7. The summed E-state index contributed by atoms with van der Waals surface area (Å²) in [5, 5.41) is 3.63. The van der Waals surface area contributed by atoms with Crippen molar-refractivity contribution in [1.82, 2.24) is 0 Å². The van der Waals surface area contributed by atoms with Gasteiger partial charge in [0, 0.05) is 5.02 Å². The average molecular weight is 379 g/mol. The van der Waals surface area contributed by atoms with E-state index in [-0.39, 0.29) is 11.8 Å². The molecule has 7 heteroatoms. The SMILES string of the molecule is CC1Oc2ccc(Cl)cc2N(C(C)C(=O)Nc2ccccc2Cl)C1=O. The fraction of sp³-hybridized carbons (Fsp3) is 0.222. The van der Waals surface area contributed by atoms with Gasteiger partial charge in [0.2, 0.25) is 5.91 Å². The summed E-state index contributed by atoms with van der Waals surface area (Å²) in [7, 11) is 0. The van der Waals surface area contributed by atoms with E-state index in [4.69, 9.17) is 27.9 Å². The van der Waals surface area contributed by atoms with Gasteiger partial charge in [0.1, 0.15) is 11.8 Å². The number of benzene rings is 2. The van der Waals surface area contributed by atoms with E-state index in [1.54, 1.807) is 56.3 Å². The lowest BCUT2D eigenvalue weighted by molar-refractivity contribution is -0.128. The quantitative estimate of drug-likeness (QED) is 0.872. The molecular formula is C18H16Cl2N2O3. The first-order valence-electron chi connectivity index (χ1n) is 7.73. The first kappa shape index (κ1) is 17.6. The van der Waals surface area contributed by atoms with Crippen molar-refractivity contribution < 1.29 is 14.3 Å². The summed E-state index contributed by atoms with van der Waals surface area (Å²) in [4.78, 5) is 26.7. The van der Waals surface area contributed by atoms with Crippen molar-refractivity contribution in [3.8, 4) is 5.75 Å². The maximum absolute atomic E-state index is 12.7. The zero-order valence-electron chi connectivity index (χ0n) is 13.6. The molecule has 130 valence electrons. The number of halogens is 2. The molecule has 0 fully saturated rings. The molecular weight excluding hydrogens is 363 g/mol. The lowest BCUT2D eigenvalue weighted by Gasteiger charge is -2.36. The number of fused-ring (bicyclic) bond motifs is 1. The van der Waals surface area contributed by atoms with Crippen LogP contribution in [0.2, 0.25) is 10.0 Å². The standard InChI is InChI=1S/C18H16Cl2N2O3/c1-10(17(23)21-14-6-4-3-5-13(14)20)22-15-9-12(19)7-8-16(15)25-11(2)18(22)24/h3-11H,1-2H3,(H,21,23). The Kier molecular flexibility index (Phi) is 4.88. The molecule has 0 aliphatic carbocycles. The predicted molar refractivity (Wildman–Crippen MR) is 98.6 cm³/mol. The van der Waals surface area contributed by atoms with E-state index in [1.165, 1.54) is 4.90 Å². The van der Waals surface area contributed by atoms with Gasteiger partial charge >= 0.3 is 0 Å². The number of rotatable bonds is 3. The molecule has 0 saturated heterocycles. The average Bonchev–Trinajstić information content (AvgIpc) is 2.58. The number of nitrogens with one attached hydrogen (secondary N) is 1. The molecule has 0 aromatic heterocycles. The van der Waals surface area contributed by atoms with Crippen molar-refractivity contribution in [3.63, 3.8) is 0 Å². The summed E-state index contributed by atoms with van der Waals surface area (Å²) < 4.78 is 5.59. The van der Waals surface area contributed by atoms with Crippen molar-refractivity contribution in [1.29, 1.82) is 0 Å². The number of para-hydroxylation sites is 1. The fourth-order valence-corrected chi connectivity index (χ4v) is 3.00. The van der Waals surface area contributed by atoms with Crippen molar-refractivity contribution in [2.45, 2.75) is 26.0 Å². The molecule has 1 N–H and O–H groups in total. The minimum absolute atomic E-state index is 0.309. The third-order valence-corrected chi connectivity index (χ3v) is 4.53. The Morgan fingerprint density at radius 1 is 1.24 bits per heavy atom. The Labute approximate surface area is 155 Å². The second kappa shape index (κ2) is 6.94. The molecule has 0 bridgehead atoms. The Bertz CT molecular complexity index is 841. The summed E-state index contributed by atoms with van der Waals surface area (Å²) in [5.41, 5.74) is 0.957. The summed E-state index contributed by atoms with van der Waals surface area (Å²) in [5.74, 6) is -0.160. The van der Waals surface area contributed by atoms with Crippen LogP contribution in [0.4, 0.5) is 11.4 Å². The van der Waals surface area contributed by atoms with Crippen LogP contribution in [0.5, 0.6) is 5.75 Å². The van der Waals surface area contributed by atoms with E-state index in [2.05, 4.69) is 5.32 Å². The molecule has 0 spiro atoms. The number of hydrogen-bond donors (Lipinski definition) is 1. The number of anilines is 2. The third-order valence-electron chi connectivity index (χ3n) is 3.97. The van der Waals surface area contributed by atoms with Crippen LogP contribution in [0.3, 0.4) is 0 Å². The monoisotopic (exact) mass is 378 g/mol. The normalized spacial score (nSPS) is 17.5. The zero-order valence-corrected chi connectivity index (χ0v) is 15.1. The van der Waals surface area contributed by atoms with Crippen molar-refractivity contribution in [3.05, 3.63) is 52.5 Å². The molecule has 1 aliphatic heterocycles. The summed E-state index contributed by atoms with van der Waals surface area (Å²) in [6.45, 7) is 3.29. The Morgan fingerprint density at radius 2 is 1.96 bits per heavy atom. The molecule has 0 saturated carbocycles. The number of amides is 2. The molecule has 2 unspecified atom stereocenters. The molecule has 2 atom stereocenters. The van der Waals surface area contributed by atoms with Gasteiger partial charge in [-0.1, -0.05) is 35.3 Å². The van der Waals surface area contributed by atoms with Crippen molar-refractivity contribution in [2.75, 3.05) is 10.2 Å². The van der Waals surface area contributed by atoms with Gasteiger partial charge in [-0.25, -0.2) is 0 Å². The van der Waals surface area contributed by atoms with Crippen LogP contribution in [-0.2, 0) is 9.59 Å². The Morgan fingerprint density at radius 3 is 2.68 bits per heavy atom. The highest BCUT2D eigenvalue weighted by atomic mass is 35.5. The van der Waals surface area contributed by atoms with Gasteiger partial charge in [0.05, 0.1) is 16.4 Å². The van der Waals surface area contributed by atoms with E-state index >= 15 is 0 Å². The van der Waals surface area contributed by atoms with E-state index in [0.29, 0.717) is 27.2 Å². The van der Waals surface area contributed by atoms with E-state index in [1.807, 2.05) is 0 Å². The topological polar surface area (TPSA) is 58.6 Å². The van der Waals surface area contributed by atoms with Crippen molar-refractivity contribution in [2.24, 2.45) is 0 Å². The number of hydrogen-bond acceptors (Lipinski definition) is 3. The molecule has 25 heavy (non-hydrogen) atoms. The highest BCUT2D eigenvalue weighted by Crippen LogP contribution is 2.37. The van der Waals surface area contributed by atoms with Crippen LogP contribution in [-0.4, -0.2) is 24.0 Å². The number of ether oxygens (including phenoxy) is 1. The minimum atomic E-state index is -0.771. The zero-order chi connectivity index (χ0) is 18.1. The second-order valence-electron chi connectivity index (χ2n) is 5.73.